The van der Waals surface area contributed by atoms with Gasteiger partial charge in [0, 0.05) is 12.5 Å². The highest BCUT2D eigenvalue weighted by Crippen LogP contribution is 2.29. The Labute approximate surface area is 158 Å². The lowest BCUT2D eigenvalue weighted by Crippen LogP contribution is -2.62. The summed E-state index contributed by atoms with van der Waals surface area (Å²) in [6.07, 6.45) is -2.31. The van der Waals surface area contributed by atoms with Crippen LogP contribution in [0.25, 0.3) is 0 Å². The van der Waals surface area contributed by atoms with Crippen molar-refractivity contribution in [1.29, 1.82) is 0 Å². The molecule has 0 radical (unpaired) electrons. The number of piperidine rings is 1. The number of carboxylic acid groups (broad SMARTS) is 1. The zero-order chi connectivity index (χ0) is 19.2. The third-order valence-corrected chi connectivity index (χ3v) is 5.08. The molecule has 2 aromatic rings. The van der Waals surface area contributed by atoms with Crippen LogP contribution in [-0.4, -0.2) is 57.7 Å². The Hall–Kier alpha value is -2.41. The average molecular weight is 371 g/mol. The van der Waals surface area contributed by atoms with Gasteiger partial charge in [-0.3, -0.25) is 0 Å². The highest BCUT2D eigenvalue weighted by atomic mass is 16.5. The summed E-state index contributed by atoms with van der Waals surface area (Å²) >= 11 is 0. The van der Waals surface area contributed by atoms with Crippen molar-refractivity contribution in [1.82, 2.24) is 4.90 Å². The maximum atomic E-state index is 11.9. The summed E-state index contributed by atoms with van der Waals surface area (Å²) in [5.41, 5.74) is 1.91. The fourth-order valence-electron chi connectivity index (χ4n) is 3.61. The number of nitrogens with zero attached hydrogens (tertiary/aromatic N) is 1. The molecule has 4 atom stereocenters. The molecule has 0 aromatic heterocycles. The minimum Gasteiger partial charge on any atom is -0.465 e. The van der Waals surface area contributed by atoms with Crippen LogP contribution in [0, 0.1) is 5.92 Å². The number of benzene rings is 2. The van der Waals surface area contributed by atoms with Crippen molar-refractivity contribution in [3.63, 3.8) is 0 Å². The van der Waals surface area contributed by atoms with Gasteiger partial charge in [-0.2, -0.15) is 0 Å². The predicted molar refractivity (Wildman–Crippen MR) is 100 cm³/mol. The van der Waals surface area contributed by atoms with Crippen molar-refractivity contribution in [3.05, 3.63) is 71.8 Å². The van der Waals surface area contributed by atoms with E-state index in [4.69, 9.17) is 4.74 Å². The molecule has 3 rings (SSSR count). The molecule has 0 bridgehead atoms. The Morgan fingerprint density at radius 3 is 2.19 bits per heavy atom. The molecule has 1 amide bonds. The number of aliphatic hydroxyl groups excluding tert-OH is 2. The number of ether oxygens (including phenoxy) is 1. The number of rotatable bonds is 6. The molecule has 6 nitrogen and oxygen atoms in total. The van der Waals surface area contributed by atoms with Crippen molar-refractivity contribution >= 4 is 6.09 Å². The van der Waals surface area contributed by atoms with Gasteiger partial charge in [-0.15, -0.1) is 0 Å². The van der Waals surface area contributed by atoms with Crippen molar-refractivity contribution in [2.45, 2.75) is 31.3 Å². The first-order valence-electron chi connectivity index (χ1n) is 9.08. The van der Waals surface area contributed by atoms with E-state index in [2.05, 4.69) is 0 Å². The standard InChI is InChI=1S/C21H25NO5/c23-13-17-12-22(21(25)26)18(11-15-7-3-1-4-8-15)20(19(17)24)27-14-16-9-5-2-6-10-16/h1-10,17-20,23-24H,11-14H2,(H,25,26)/t17-,18?,19-,20-/m1/s1. The molecule has 0 spiro atoms. The van der Waals surface area contributed by atoms with E-state index in [1.54, 1.807) is 0 Å². The quantitative estimate of drug-likeness (QED) is 0.724. The molecule has 6 heteroatoms. The van der Waals surface area contributed by atoms with Crippen molar-refractivity contribution < 1.29 is 24.9 Å². The van der Waals surface area contributed by atoms with Crippen LogP contribution in [0.15, 0.2) is 60.7 Å². The van der Waals surface area contributed by atoms with Gasteiger partial charge in [0.1, 0.15) is 6.10 Å². The molecule has 1 aliphatic rings. The molecule has 0 saturated carbocycles. The first kappa shape index (κ1) is 19.4. The number of hydrogen-bond donors (Lipinski definition) is 3. The molecular formula is C21H25NO5. The van der Waals surface area contributed by atoms with Gasteiger partial charge in [0.2, 0.25) is 0 Å². The maximum absolute atomic E-state index is 11.9. The summed E-state index contributed by atoms with van der Waals surface area (Å²) < 4.78 is 6.01. The normalized spacial score (nSPS) is 25.3. The van der Waals surface area contributed by atoms with E-state index in [0.717, 1.165) is 11.1 Å². The lowest BCUT2D eigenvalue weighted by molar-refractivity contribution is -0.141. The van der Waals surface area contributed by atoms with Crippen LogP contribution in [0.2, 0.25) is 0 Å². The SMILES string of the molecule is O=C(O)N1C[C@H](CO)[C@@H](O)[C@H](OCc2ccccc2)C1Cc1ccccc1. The highest BCUT2D eigenvalue weighted by Gasteiger charge is 2.45. The van der Waals surface area contributed by atoms with Crippen LogP contribution in [-0.2, 0) is 17.8 Å². The summed E-state index contributed by atoms with van der Waals surface area (Å²) in [4.78, 5) is 13.1. The molecular weight excluding hydrogens is 346 g/mol. The van der Waals surface area contributed by atoms with E-state index in [1.807, 2.05) is 60.7 Å². The number of hydrogen-bond acceptors (Lipinski definition) is 4. The first-order valence-corrected chi connectivity index (χ1v) is 9.08. The van der Waals surface area contributed by atoms with E-state index in [0.29, 0.717) is 6.42 Å². The molecule has 0 aliphatic carbocycles. The van der Waals surface area contributed by atoms with Crippen molar-refractivity contribution in [2.24, 2.45) is 5.92 Å². The lowest BCUT2D eigenvalue weighted by Gasteiger charge is -2.45. The van der Waals surface area contributed by atoms with Gasteiger partial charge >= 0.3 is 6.09 Å². The minimum atomic E-state index is -1.07. The fraction of sp³-hybridized carbons (Fsp3) is 0.381. The molecule has 2 aromatic carbocycles. The number of likely N-dealkylation sites (tertiary alicyclic amines) is 1. The van der Waals surface area contributed by atoms with Gasteiger partial charge in [-0.05, 0) is 17.5 Å². The van der Waals surface area contributed by atoms with Crippen LogP contribution in [0.4, 0.5) is 4.79 Å². The second-order valence-corrected chi connectivity index (χ2v) is 6.89. The van der Waals surface area contributed by atoms with E-state index in [9.17, 15) is 20.1 Å². The third-order valence-electron chi connectivity index (χ3n) is 5.08. The molecule has 1 heterocycles. The Morgan fingerprint density at radius 2 is 1.63 bits per heavy atom. The molecule has 27 heavy (non-hydrogen) atoms. The zero-order valence-corrected chi connectivity index (χ0v) is 15.0. The van der Waals surface area contributed by atoms with Crippen LogP contribution in [0.5, 0.6) is 0 Å². The van der Waals surface area contributed by atoms with Crippen LogP contribution in [0.3, 0.4) is 0 Å². The third kappa shape index (κ3) is 4.66. The molecule has 144 valence electrons. The summed E-state index contributed by atoms with van der Waals surface area (Å²) in [6, 6.07) is 18.6. The van der Waals surface area contributed by atoms with Gasteiger partial charge in [-0.25, -0.2) is 4.79 Å². The van der Waals surface area contributed by atoms with Gasteiger partial charge in [0.15, 0.2) is 0 Å². The van der Waals surface area contributed by atoms with Crippen LogP contribution < -0.4 is 0 Å². The van der Waals surface area contributed by atoms with Gasteiger partial charge in [-0.1, -0.05) is 60.7 Å². The second kappa shape index (κ2) is 8.99. The summed E-state index contributed by atoms with van der Waals surface area (Å²) in [6.45, 7) is 0.0450. The highest BCUT2D eigenvalue weighted by molar-refractivity contribution is 5.66. The largest absolute Gasteiger partial charge is 0.465 e. The second-order valence-electron chi connectivity index (χ2n) is 6.89. The topological polar surface area (TPSA) is 90.2 Å². The van der Waals surface area contributed by atoms with Gasteiger partial charge < -0.3 is 25.0 Å². The monoisotopic (exact) mass is 371 g/mol. The van der Waals surface area contributed by atoms with Crippen molar-refractivity contribution in [2.75, 3.05) is 13.2 Å². The Balaban J connectivity index is 1.85. The number of amides is 1. The molecule has 3 N–H and O–H groups in total. The number of aliphatic hydroxyl groups is 2. The molecule has 1 aliphatic heterocycles. The van der Waals surface area contributed by atoms with Gasteiger partial charge in [0.05, 0.1) is 25.4 Å². The van der Waals surface area contributed by atoms with Crippen LogP contribution in [0.1, 0.15) is 11.1 Å². The smallest absolute Gasteiger partial charge is 0.407 e. The van der Waals surface area contributed by atoms with E-state index in [1.165, 1.54) is 4.90 Å². The minimum absolute atomic E-state index is 0.0791. The van der Waals surface area contributed by atoms with Crippen LogP contribution >= 0.6 is 0 Å². The van der Waals surface area contributed by atoms with E-state index >= 15 is 0 Å². The lowest BCUT2D eigenvalue weighted by atomic mass is 9.85. The molecule has 1 saturated heterocycles. The maximum Gasteiger partial charge on any atom is 0.407 e. The van der Waals surface area contributed by atoms with E-state index < -0.39 is 30.3 Å². The molecule has 1 fully saturated rings. The van der Waals surface area contributed by atoms with E-state index in [-0.39, 0.29) is 19.8 Å². The Kier molecular flexibility index (Phi) is 6.45. The Bertz CT molecular complexity index is 724. The summed E-state index contributed by atoms with van der Waals surface area (Å²) in [5.74, 6) is -0.575. The first-order chi connectivity index (χ1) is 13.1. The summed E-state index contributed by atoms with van der Waals surface area (Å²) in [5, 5.41) is 30.1. The Morgan fingerprint density at radius 1 is 1.04 bits per heavy atom. The number of carbonyl (C=O) groups is 1. The zero-order valence-electron chi connectivity index (χ0n) is 15.0. The van der Waals surface area contributed by atoms with Gasteiger partial charge in [0.25, 0.3) is 0 Å². The fourth-order valence-corrected chi connectivity index (χ4v) is 3.61. The molecule has 1 unspecified atom stereocenters. The van der Waals surface area contributed by atoms with Crippen molar-refractivity contribution in [3.8, 4) is 0 Å². The summed E-state index contributed by atoms with van der Waals surface area (Å²) in [7, 11) is 0. The predicted octanol–water partition coefficient (Wildman–Crippen LogP) is 2.15. The average Bonchev–Trinajstić information content (AvgIpc) is 2.69.